The number of nitrogens with one attached hydrogen (secondary N) is 3. The molecule has 43 heavy (non-hydrogen) atoms. The second-order valence-corrected chi connectivity index (χ2v) is 11.0. The van der Waals surface area contributed by atoms with Crippen LogP contribution in [0, 0.1) is 0 Å². The van der Waals surface area contributed by atoms with E-state index in [1.807, 2.05) is 74.5 Å². The lowest BCUT2D eigenvalue weighted by Gasteiger charge is -2.29. The quantitative estimate of drug-likeness (QED) is 0.176. The molecule has 0 saturated heterocycles. The van der Waals surface area contributed by atoms with E-state index in [2.05, 4.69) is 20.6 Å². The number of aromatic amines is 1. The average Bonchev–Trinajstić information content (AvgIpc) is 3.53. The van der Waals surface area contributed by atoms with Gasteiger partial charge in [-0.1, -0.05) is 86.6 Å². The summed E-state index contributed by atoms with van der Waals surface area (Å²) < 4.78 is 5.40. The Morgan fingerprint density at radius 1 is 0.953 bits per heavy atom. The molecule has 4 aromatic rings. The number of ether oxygens (including phenoxy) is 1. The molecule has 3 amide bonds. The standard InChI is InChI=1S/C33H38N6O4/c1-33(2,26-11-7-4-8-12-26)22-36-30(40)20-39(19-24-13-15-27(34)16-14-24)31(41)29(17-28-18-35-23-37-28)38-32(42)43-21-25-9-5-3-6-10-25/h3-16,18,23,29H,17,19-22,34H2,1-2H3,(H,35,37)(H,36,40)(H,38,42)/t29-/m0/s1. The van der Waals surface area contributed by atoms with Crippen LogP contribution >= 0.6 is 0 Å². The van der Waals surface area contributed by atoms with Crippen LogP contribution in [-0.2, 0) is 39.3 Å². The monoisotopic (exact) mass is 582 g/mol. The molecule has 10 heteroatoms. The van der Waals surface area contributed by atoms with Gasteiger partial charge in [-0.25, -0.2) is 9.78 Å². The number of amides is 3. The second kappa shape index (κ2) is 14.7. The number of anilines is 1. The Balaban J connectivity index is 1.49. The summed E-state index contributed by atoms with van der Waals surface area (Å²) in [6, 6.07) is 25.2. The molecule has 5 N–H and O–H groups in total. The van der Waals surface area contributed by atoms with Crippen LogP contribution in [0.15, 0.2) is 97.5 Å². The van der Waals surface area contributed by atoms with Gasteiger partial charge in [0.1, 0.15) is 12.6 Å². The fourth-order valence-corrected chi connectivity index (χ4v) is 4.54. The Hall–Kier alpha value is -5.12. The molecule has 4 rings (SSSR count). The van der Waals surface area contributed by atoms with Crippen LogP contribution in [0.3, 0.4) is 0 Å². The van der Waals surface area contributed by atoms with Gasteiger partial charge in [-0.3, -0.25) is 9.59 Å². The number of benzene rings is 3. The first-order chi connectivity index (χ1) is 20.7. The molecule has 0 radical (unpaired) electrons. The minimum Gasteiger partial charge on any atom is -0.445 e. The molecule has 0 aliphatic carbocycles. The average molecular weight is 583 g/mol. The van der Waals surface area contributed by atoms with Crippen LogP contribution in [0.2, 0.25) is 0 Å². The zero-order valence-corrected chi connectivity index (χ0v) is 24.5. The summed E-state index contributed by atoms with van der Waals surface area (Å²) in [5, 5.41) is 5.68. The van der Waals surface area contributed by atoms with Crippen molar-refractivity contribution in [1.82, 2.24) is 25.5 Å². The first-order valence-corrected chi connectivity index (χ1v) is 14.1. The van der Waals surface area contributed by atoms with Gasteiger partial charge >= 0.3 is 6.09 Å². The van der Waals surface area contributed by atoms with Crippen molar-refractivity contribution in [1.29, 1.82) is 0 Å². The zero-order chi connectivity index (χ0) is 30.7. The Kier molecular flexibility index (Phi) is 10.5. The molecule has 0 aliphatic heterocycles. The number of nitrogens with zero attached hydrogens (tertiary/aromatic N) is 2. The molecule has 1 aromatic heterocycles. The third-order valence-corrected chi connectivity index (χ3v) is 7.06. The summed E-state index contributed by atoms with van der Waals surface area (Å²) in [5.74, 6) is -0.764. The fourth-order valence-electron chi connectivity index (χ4n) is 4.54. The molecule has 224 valence electrons. The number of nitrogens with two attached hydrogens (primary N) is 1. The number of alkyl carbamates (subject to hydrolysis) is 1. The lowest BCUT2D eigenvalue weighted by Crippen LogP contribution is -2.52. The van der Waals surface area contributed by atoms with Crippen LogP contribution in [-0.4, -0.2) is 51.9 Å². The van der Waals surface area contributed by atoms with E-state index in [9.17, 15) is 14.4 Å². The number of imidazole rings is 1. The third kappa shape index (κ3) is 9.46. The first kappa shape index (κ1) is 30.8. The summed E-state index contributed by atoms with van der Waals surface area (Å²) in [6.45, 7) is 4.44. The number of hydrogen-bond acceptors (Lipinski definition) is 6. The SMILES string of the molecule is CC(C)(CNC(=O)CN(Cc1ccc(N)cc1)C(=O)[C@H](Cc1cnc[nH]1)NC(=O)OCc1ccccc1)c1ccccc1. The van der Waals surface area contributed by atoms with E-state index < -0.39 is 18.0 Å². The van der Waals surface area contributed by atoms with Gasteiger partial charge in [0.25, 0.3) is 0 Å². The number of aromatic nitrogens is 2. The maximum atomic E-state index is 14.0. The Labute approximate surface area is 251 Å². The molecule has 1 atom stereocenters. The predicted octanol–water partition coefficient (Wildman–Crippen LogP) is 3.95. The van der Waals surface area contributed by atoms with Crippen molar-refractivity contribution in [2.45, 2.75) is 44.9 Å². The molecular weight excluding hydrogens is 544 g/mol. The highest BCUT2D eigenvalue weighted by Crippen LogP contribution is 2.21. The summed E-state index contributed by atoms with van der Waals surface area (Å²) in [5.41, 5.74) is 9.45. The number of H-pyrrole nitrogens is 1. The van der Waals surface area contributed by atoms with E-state index in [1.165, 1.54) is 11.2 Å². The highest BCUT2D eigenvalue weighted by molar-refractivity contribution is 5.89. The van der Waals surface area contributed by atoms with Crippen molar-refractivity contribution in [3.8, 4) is 0 Å². The summed E-state index contributed by atoms with van der Waals surface area (Å²) in [4.78, 5) is 48.5. The number of carbonyl (C=O) groups excluding carboxylic acids is 3. The van der Waals surface area contributed by atoms with Crippen molar-refractivity contribution in [3.63, 3.8) is 0 Å². The van der Waals surface area contributed by atoms with Crippen LogP contribution in [0.25, 0.3) is 0 Å². The largest absolute Gasteiger partial charge is 0.445 e. The second-order valence-electron chi connectivity index (χ2n) is 11.0. The lowest BCUT2D eigenvalue weighted by atomic mass is 9.84. The Morgan fingerprint density at radius 2 is 1.63 bits per heavy atom. The van der Waals surface area contributed by atoms with Gasteiger partial charge in [-0.05, 0) is 28.8 Å². The van der Waals surface area contributed by atoms with E-state index in [1.54, 1.807) is 30.5 Å². The zero-order valence-electron chi connectivity index (χ0n) is 24.5. The van der Waals surface area contributed by atoms with Crippen molar-refractivity contribution in [3.05, 3.63) is 120 Å². The molecule has 0 unspecified atom stereocenters. The fraction of sp³-hybridized carbons (Fsp3) is 0.273. The minimum atomic E-state index is -1.02. The van der Waals surface area contributed by atoms with Crippen LogP contribution in [0.1, 0.15) is 36.2 Å². The van der Waals surface area contributed by atoms with Crippen LogP contribution < -0.4 is 16.4 Å². The Morgan fingerprint density at radius 3 is 2.28 bits per heavy atom. The molecule has 3 aromatic carbocycles. The normalized spacial score (nSPS) is 11.8. The van der Waals surface area contributed by atoms with E-state index in [0.717, 1.165) is 16.7 Å². The van der Waals surface area contributed by atoms with Gasteiger partial charge in [0.2, 0.25) is 11.8 Å². The van der Waals surface area contributed by atoms with E-state index >= 15 is 0 Å². The van der Waals surface area contributed by atoms with Gasteiger partial charge in [-0.15, -0.1) is 0 Å². The number of hydrogen-bond donors (Lipinski definition) is 4. The topological polar surface area (TPSA) is 142 Å². The highest BCUT2D eigenvalue weighted by Gasteiger charge is 2.30. The molecule has 0 spiro atoms. The number of rotatable bonds is 13. The van der Waals surface area contributed by atoms with Crippen molar-refractivity contribution < 1.29 is 19.1 Å². The molecule has 0 fully saturated rings. The summed E-state index contributed by atoms with van der Waals surface area (Å²) >= 11 is 0. The molecule has 1 heterocycles. The summed E-state index contributed by atoms with van der Waals surface area (Å²) in [7, 11) is 0. The Bertz CT molecular complexity index is 1460. The van der Waals surface area contributed by atoms with Crippen LogP contribution in [0.4, 0.5) is 10.5 Å². The smallest absolute Gasteiger partial charge is 0.408 e. The molecule has 10 nitrogen and oxygen atoms in total. The van der Waals surface area contributed by atoms with Gasteiger partial charge in [0.15, 0.2) is 0 Å². The molecular formula is C33H38N6O4. The highest BCUT2D eigenvalue weighted by atomic mass is 16.5. The van der Waals surface area contributed by atoms with Crippen molar-refractivity contribution >= 4 is 23.6 Å². The molecule has 0 saturated carbocycles. The van der Waals surface area contributed by atoms with Gasteiger partial charge in [0.05, 0.1) is 12.9 Å². The maximum Gasteiger partial charge on any atom is 0.408 e. The van der Waals surface area contributed by atoms with Gasteiger partial charge < -0.3 is 31.0 Å². The minimum absolute atomic E-state index is 0.0480. The first-order valence-electron chi connectivity index (χ1n) is 14.1. The predicted molar refractivity (Wildman–Crippen MR) is 165 cm³/mol. The van der Waals surface area contributed by atoms with Crippen molar-refractivity contribution in [2.24, 2.45) is 0 Å². The lowest BCUT2D eigenvalue weighted by molar-refractivity contribution is -0.138. The van der Waals surface area contributed by atoms with E-state index in [-0.39, 0.29) is 37.4 Å². The van der Waals surface area contributed by atoms with Gasteiger partial charge in [0, 0.05) is 42.5 Å². The molecule has 0 bridgehead atoms. The third-order valence-electron chi connectivity index (χ3n) is 7.06. The van der Waals surface area contributed by atoms with E-state index in [0.29, 0.717) is 17.9 Å². The summed E-state index contributed by atoms with van der Waals surface area (Å²) in [6.07, 6.45) is 2.46. The molecule has 0 aliphatic rings. The number of carbonyl (C=O) groups is 3. The van der Waals surface area contributed by atoms with Crippen molar-refractivity contribution in [2.75, 3.05) is 18.8 Å². The van der Waals surface area contributed by atoms with Crippen LogP contribution in [0.5, 0.6) is 0 Å². The maximum absolute atomic E-state index is 14.0. The number of nitrogen functional groups attached to an aromatic ring is 1. The van der Waals surface area contributed by atoms with Gasteiger partial charge in [-0.2, -0.15) is 0 Å². The van der Waals surface area contributed by atoms with E-state index in [4.69, 9.17) is 10.5 Å².